The van der Waals surface area contributed by atoms with E-state index in [0.29, 0.717) is 5.82 Å². The Hall–Kier alpha value is -3.59. The van der Waals surface area contributed by atoms with Crippen LogP contribution in [0.15, 0.2) is 53.4 Å². The fourth-order valence-electron chi connectivity index (χ4n) is 3.22. The second kappa shape index (κ2) is 6.54. The number of rotatable bonds is 4. The molecule has 1 aromatic carbocycles. The average molecular weight is 388 g/mol. The summed E-state index contributed by atoms with van der Waals surface area (Å²) in [6.07, 6.45) is 1.76. The van der Waals surface area contributed by atoms with Gasteiger partial charge in [-0.3, -0.25) is 0 Å². The number of benzene rings is 1. The van der Waals surface area contributed by atoms with Crippen LogP contribution >= 0.6 is 11.3 Å². The topological polar surface area (TPSA) is 87.9 Å². The maximum atomic E-state index is 4.51. The van der Waals surface area contributed by atoms with Crippen molar-refractivity contribution in [3.05, 3.63) is 59.0 Å². The number of thiophene rings is 1. The van der Waals surface area contributed by atoms with Gasteiger partial charge in [0.2, 0.25) is 5.82 Å². The normalized spacial score (nSPS) is 11.2. The lowest BCUT2D eigenvalue weighted by atomic mass is 10.0. The number of H-pyrrole nitrogens is 1. The molecule has 0 amide bonds. The molecule has 0 aliphatic rings. The Morgan fingerprint density at radius 2 is 1.89 bits per heavy atom. The molecule has 0 aliphatic heterocycles. The van der Waals surface area contributed by atoms with E-state index in [1.54, 1.807) is 17.5 Å². The fourth-order valence-corrected chi connectivity index (χ4v) is 4.06. The van der Waals surface area contributed by atoms with E-state index in [2.05, 4.69) is 65.3 Å². The van der Waals surface area contributed by atoms with E-state index in [1.807, 2.05) is 36.0 Å². The van der Waals surface area contributed by atoms with Gasteiger partial charge in [0.1, 0.15) is 5.82 Å². The summed E-state index contributed by atoms with van der Waals surface area (Å²) in [5, 5.41) is 22.9. The first-order valence-electron chi connectivity index (χ1n) is 8.66. The van der Waals surface area contributed by atoms with Crippen LogP contribution in [0.3, 0.4) is 0 Å². The molecule has 4 aromatic heterocycles. The largest absolute Gasteiger partial charge is 0.329 e. The van der Waals surface area contributed by atoms with Gasteiger partial charge in [0, 0.05) is 47.1 Å². The second-order valence-electron chi connectivity index (χ2n) is 6.40. The Bertz CT molecular complexity index is 1240. The highest BCUT2D eigenvalue weighted by Gasteiger charge is 2.14. The predicted octanol–water partition coefficient (Wildman–Crippen LogP) is 3.71. The molecule has 0 fully saturated rings. The number of aromatic nitrogens is 7. The van der Waals surface area contributed by atoms with Gasteiger partial charge in [-0.15, -0.1) is 10.2 Å². The van der Waals surface area contributed by atoms with Gasteiger partial charge in [-0.1, -0.05) is 12.1 Å². The molecule has 8 nitrogen and oxygen atoms in total. The van der Waals surface area contributed by atoms with Crippen LogP contribution in [0.1, 0.15) is 5.69 Å². The van der Waals surface area contributed by atoms with Crippen molar-refractivity contribution in [3.8, 4) is 22.5 Å². The van der Waals surface area contributed by atoms with Gasteiger partial charge in [0.15, 0.2) is 5.65 Å². The van der Waals surface area contributed by atoms with Crippen LogP contribution in [0.5, 0.6) is 0 Å². The summed E-state index contributed by atoms with van der Waals surface area (Å²) in [6, 6.07) is 12.3. The van der Waals surface area contributed by atoms with E-state index in [0.717, 1.165) is 39.5 Å². The number of hydrogen-bond acceptors (Lipinski definition) is 7. The summed E-state index contributed by atoms with van der Waals surface area (Å²) < 4.78 is 1.84. The van der Waals surface area contributed by atoms with Gasteiger partial charge < -0.3 is 4.90 Å². The van der Waals surface area contributed by atoms with E-state index in [1.165, 1.54) is 0 Å². The highest BCUT2D eigenvalue weighted by Crippen LogP contribution is 2.34. The van der Waals surface area contributed by atoms with Gasteiger partial charge in [-0.05, 0) is 35.2 Å². The van der Waals surface area contributed by atoms with Crippen molar-refractivity contribution in [1.29, 1.82) is 0 Å². The molecule has 5 rings (SSSR count). The van der Waals surface area contributed by atoms with Gasteiger partial charge in [-0.25, -0.2) is 4.98 Å². The Morgan fingerprint density at radius 1 is 1.07 bits per heavy atom. The average Bonchev–Trinajstić information content (AvgIpc) is 3.47. The van der Waals surface area contributed by atoms with E-state index in [9.17, 15) is 0 Å². The number of hydrogen-bond donors (Lipinski definition) is 1. The Morgan fingerprint density at radius 3 is 2.68 bits per heavy atom. The molecular formula is C19H16N8S. The van der Waals surface area contributed by atoms with E-state index >= 15 is 0 Å². The van der Waals surface area contributed by atoms with Crippen molar-refractivity contribution in [2.24, 2.45) is 0 Å². The number of nitrogens with zero attached hydrogens (tertiary/aromatic N) is 7. The van der Waals surface area contributed by atoms with E-state index < -0.39 is 0 Å². The summed E-state index contributed by atoms with van der Waals surface area (Å²) in [6.45, 7) is 1.99. The highest BCUT2D eigenvalue weighted by molar-refractivity contribution is 7.08. The third-order valence-corrected chi connectivity index (χ3v) is 5.37. The summed E-state index contributed by atoms with van der Waals surface area (Å²) >= 11 is 1.62. The summed E-state index contributed by atoms with van der Waals surface area (Å²) in [5.41, 5.74) is 6.02. The fraction of sp³-hybridized carbons (Fsp3) is 0.105. The number of anilines is 2. The minimum absolute atomic E-state index is 0.603. The van der Waals surface area contributed by atoms with E-state index in [-0.39, 0.29) is 0 Å². The standard InChI is InChI=1S/C19H16N8S/c1-12-9-18(27-17(21-12)7-8-20-27)26(2)14-5-3-13(4-6-14)15-10-28-11-16(15)19-22-24-25-23-19/h3-11H,1-2H3,(H,22,23,24,25). The predicted molar refractivity (Wildman–Crippen MR) is 109 cm³/mol. The molecule has 9 heteroatoms. The minimum atomic E-state index is 0.603. The van der Waals surface area contributed by atoms with Crippen molar-refractivity contribution in [2.45, 2.75) is 6.92 Å². The lowest BCUT2D eigenvalue weighted by molar-refractivity contribution is 0.881. The second-order valence-corrected chi connectivity index (χ2v) is 7.14. The molecule has 1 N–H and O–H groups in total. The Labute approximate surface area is 164 Å². The number of tetrazole rings is 1. The molecule has 138 valence electrons. The summed E-state index contributed by atoms with van der Waals surface area (Å²) in [4.78, 5) is 6.61. The number of nitrogens with one attached hydrogen (secondary N) is 1. The molecule has 0 radical (unpaired) electrons. The van der Waals surface area contributed by atoms with Crippen molar-refractivity contribution < 1.29 is 0 Å². The number of fused-ring (bicyclic) bond motifs is 1. The third kappa shape index (κ3) is 2.72. The summed E-state index contributed by atoms with van der Waals surface area (Å²) in [5.74, 6) is 1.56. The highest BCUT2D eigenvalue weighted by atomic mass is 32.1. The summed E-state index contributed by atoms with van der Waals surface area (Å²) in [7, 11) is 2.03. The molecule has 28 heavy (non-hydrogen) atoms. The molecule has 0 atom stereocenters. The first-order chi connectivity index (χ1) is 13.7. The molecule has 0 spiro atoms. The molecule has 4 heterocycles. The Kier molecular flexibility index (Phi) is 3.87. The van der Waals surface area contributed by atoms with Crippen molar-refractivity contribution in [2.75, 3.05) is 11.9 Å². The molecule has 0 aliphatic carbocycles. The number of aromatic amines is 1. The quantitative estimate of drug-likeness (QED) is 0.505. The van der Waals surface area contributed by atoms with Gasteiger partial charge in [-0.2, -0.15) is 26.2 Å². The Balaban J connectivity index is 1.51. The van der Waals surface area contributed by atoms with Crippen LogP contribution in [-0.2, 0) is 0 Å². The van der Waals surface area contributed by atoms with Gasteiger partial charge >= 0.3 is 0 Å². The molecule has 0 saturated heterocycles. The maximum Gasteiger partial charge on any atom is 0.206 e. The molecule has 0 unspecified atom stereocenters. The van der Waals surface area contributed by atoms with E-state index in [4.69, 9.17) is 0 Å². The zero-order chi connectivity index (χ0) is 19.1. The van der Waals surface area contributed by atoms with Gasteiger partial charge in [0.25, 0.3) is 0 Å². The zero-order valence-electron chi connectivity index (χ0n) is 15.2. The number of aryl methyl sites for hydroxylation is 1. The van der Waals surface area contributed by atoms with Crippen LogP contribution in [-0.4, -0.2) is 42.3 Å². The van der Waals surface area contributed by atoms with Crippen LogP contribution < -0.4 is 4.90 Å². The molecular weight excluding hydrogens is 372 g/mol. The van der Waals surface area contributed by atoms with Crippen LogP contribution in [0.4, 0.5) is 11.5 Å². The monoisotopic (exact) mass is 388 g/mol. The molecule has 0 bridgehead atoms. The lowest BCUT2D eigenvalue weighted by Gasteiger charge is -2.21. The van der Waals surface area contributed by atoms with Crippen molar-refractivity contribution >= 4 is 28.5 Å². The third-order valence-electron chi connectivity index (χ3n) is 4.63. The first kappa shape index (κ1) is 16.6. The SMILES string of the molecule is Cc1cc(N(C)c2ccc(-c3cscc3-c3nn[nH]n3)cc2)n2nccc2n1. The molecule has 0 saturated carbocycles. The van der Waals surface area contributed by atoms with Crippen molar-refractivity contribution in [3.63, 3.8) is 0 Å². The van der Waals surface area contributed by atoms with Crippen LogP contribution in [0.25, 0.3) is 28.2 Å². The van der Waals surface area contributed by atoms with Crippen LogP contribution in [0, 0.1) is 6.92 Å². The first-order valence-corrected chi connectivity index (χ1v) is 9.60. The van der Waals surface area contributed by atoms with Crippen LogP contribution in [0.2, 0.25) is 0 Å². The molecule has 5 aromatic rings. The smallest absolute Gasteiger partial charge is 0.206 e. The van der Waals surface area contributed by atoms with Gasteiger partial charge in [0.05, 0.1) is 6.20 Å². The maximum absolute atomic E-state index is 4.51. The zero-order valence-corrected chi connectivity index (χ0v) is 16.1. The lowest BCUT2D eigenvalue weighted by Crippen LogP contribution is -2.14. The minimum Gasteiger partial charge on any atom is -0.329 e. The van der Waals surface area contributed by atoms with Crippen molar-refractivity contribution in [1.82, 2.24) is 35.2 Å².